The molecule has 29 heavy (non-hydrogen) atoms. The fourth-order valence-electron chi connectivity index (χ4n) is 2.79. The largest absolute Gasteiger partial charge is 0.377 e. The summed E-state index contributed by atoms with van der Waals surface area (Å²) in [6.45, 7) is 0.934. The second-order valence-corrected chi connectivity index (χ2v) is 9.74. The van der Waals surface area contributed by atoms with Gasteiger partial charge in [0.05, 0.1) is 16.6 Å². The van der Waals surface area contributed by atoms with Gasteiger partial charge in [0.15, 0.2) is 5.11 Å². The van der Waals surface area contributed by atoms with Crippen molar-refractivity contribution in [3.63, 3.8) is 0 Å². The fraction of sp³-hybridized carbons (Fsp3) is 0.263. The molecule has 0 spiro atoms. The molecule has 154 valence electrons. The van der Waals surface area contributed by atoms with Crippen LogP contribution in [0.2, 0.25) is 0 Å². The van der Waals surface area contributed by atoms with Crippen LogP contribution in [0.5, 0.6) is 0 Å². The van der Waals surface area contributed by atoms with Crippen LogP contribution in [0.25, 0.3) is 0 Å². The second kappa shape index (κ2) is 9.94. The predicted octanol–water partition coefficient (Wildman–Crippen LogP) is 2.88. The summed E-state index contributed by atoms with van der Waals surface area (Å²) in [5.41, 5.74) is 1.09. The molecule has 1 heterocycles. The summed E-state index contributed by atoms with van der Waals surface area (Å²) in [6, 6.07) is 13.3. The third-order valence-corrected chi connectivity index (χ3v) is 6.88. The van der Waals surface area contributed by atoms with Gasteiger partial charge in [-0.15, -0.1) is 0 Å². The molecule has 2 aromatic rings. The molecule has 1 atom stereocenters. The Hall–Kier alpha value is -1.60. The van der Waals surface area contributed by atoms with E-state index in [0.29, 0.717) is 17.9 Å². The van der Waals surface area contributed by atoms with Crippen LogP contribution in [0.4, 0.5) is 5.69 Å². The van der Waals surface area contributed by atoms with Gasteiger partial charge in [-0.3, -0.25) is 10.1 Å². The van der Waals surface area contributed by atoms with Gasteiger partial charge in [0.2, 0.25) is 10.0 Å². The van der Waals surface area contributed by atoms with E-state index in [1.165, 1.54) is 12.1 Å². The lowest BCUT2D eigenvalue weighted by atomic mass is 10.2. The maximum absolute atomic E-state index is 12.4. The molecule has 2 aromatic carbocycles. The number of hydrogen-bond donors (Lipinski definition) is 3. The number of thiocarbonyl (C=S) groups is 1. The molecule has 0 aromatic heterocycles. The number of hydrogen-bond acceptors (Lipinski definition) is 5. The van der Waals surface area contributed by atoms with E-state index in [2.05, 4.69) is 37.9 Å². The van der Waals surface area contributed by atoms with Crippen molar-refractivity contribution in [2.75, 3.05) is 18.5 Å². The topological polar surface area (TPSA) is 96.5 Å². The number of carbonyl (C=O) groups excluding carboxylic acids is 1. The monoisotopic (exact) mass is 545 g/mol. The number of amides is 1. The maximum atomic E-state index is 12.4. The number of ether oxygens (including phenoxy) is 1. The number of halogens is 1. The average Bonchev–Trinajstić information content (AvgIpc) is 3.21. The summed E-state index contributed by atoms with van der Waals surface area (Å²) < 4.78 is 33.6. The van der Waals surface area contributed by atoms with Crippen molar-refractivity contribution in [3.05, 3.63) is 57.7 Å². The molecular weight excluding hydrogens is 525 g/mol. The SMILES string of the molecule is O=C(NC(=S)Nc1ccc(S(=O)(=O)NCC2CCCO2)cc1)c1ccccc1I. The van der Waals surface area contributed by atoms with Crippen LogP contribution < -0.4 is 15.4 Å². The van der Waals surface area contributed by atoms with Crippen molar-refractivity contribution < 1.29 is 17.9 Å². The summed E-state index contributed by atoms with van der Waals surface area (Å²) in [4.78, 5) is 12.4. The van der Waals surface area contributed by atoms with E-state index in [1.807, 2.05) is 12.1 Å². The van der Waals surface area contributed by atoms with Crippen LogP contribution in [0.15, 0.2) is 53.4 Å². The first-order valence-electron chi connectivity index (χ1n) is 8.93. The standard InChI is InChI=1S/C19H20IN3O4S2/c20-17-6-2-1-5-16(17)18(24)23-19(28)22-13-7-9-15(10-8-13)29(25,26)21-12-14-4-3-11-27-14/h1-2,5-10,14,21H,3-4,11-12H2,(H2,22,23,24,28). The van der Waals surface area contributed by atoms with Crippen molar-refractivity contribution in [1.29, 1.82) is 0 Å². The summed E-state index contributed by atoms with van der Waals surface area (Å²) in [5.74, 6) is -0.315. The highest BCUT2D eigenvalue weighted by Gasteiger charge is 2.20. The van der Waals surface area contributed by atoms with Crippen molar-refractivity contribution in [1.82, 2.24) is 10.0 Å². The Balaban J connectivity index is 1.56. The molecule has 1 amide bonds. The van der Waals surface area contributed by atoms with Crippen molar-refractivity contribution in [2.24, 2.45) is 0 Å². The molecule has 0 bridgehead atoms. The maximum Gasteiger partial charge on any atom is 0.258 e. The average molecular weight is 545 g/mol. The third-order valence-electron chi connectivity index (χ3n) is 4.29. The highest BCUT2D eigenvalue weighted by Crippen LogP contribution is 2.16. The van der Waals surface area contributed by atoms with Gasteiger partial charge in [-0.1, -0.05) is 12.1 Å². The molecule has 0 saturated carbocycles. The Morgan fingerprint density at radius 2 is 1.90 bits per heavy atom. The van der Waals surface area contributed by atoms with Crippen LogP contribution in [0.3, 0.4) is 0 Å². The van der Waals surface area contributed by atoms with Crippen LogP contribution in [0.1, 0.15) is 23.2 Å². The summed E-state index contributed by atoms with van der Waals surface area (Å²) >= 11 is 7.26. The van der Waals surface area contributed by atoms with E-state index in [-0.39, 0.29) is 28.6 Å². The summed E-state index contributed by atoms with van der Waals surface area (Å²) in [7, 11) is -3.61. The van der Waals surface area contributed by atoms with Gasteiger partial charge in [0, 0.05) is 22.4 Å². The number of nitrogens with one attached hydrogen (secondary N) is 3. The van der Waals surface area contributed by atoms with E-state index in [9.17, 15) is 13.2 Å². The highest BCUT2D eigenvalue weighted by molar-refractivity contribution is 14.1. The molecule has 10 heteroatoms. The number of benzene rings is 2. The molecule has 1 saturated heterocycles. The minimum Gasteiger partial charge on any atom is -0.377 e. The first-order chi connectivity index (χ1) is 13.8. The molecule has 1 aliphatic heterocycles. The Labute approximate surface area is 188 Å². The summed E-state index contributed by atoms with van der Waals surface area (Å²) in [5, 5.41) is 5.62. The van der Waals surface area contributed by atoms with E-state index >= 15 is 0 Å². The van der Waals surface area contributed by atoms with E-state index in [1.54, 1.807) is 24.3 Å². The predicted molar refractivity (Wildman–Crippen MR) is 123 cm³/mol. The smallest absolute Gasteiger partial charge is 0.258 e. The lowest BCUT2D eigenvalue weighted by molar-refractivity contribution is 0.0977. The van der Waals surface area contributed by atoms with Crippen molar-refractivity contribution >= 4 is 61.5 Å². The van der Waals surface area contributed by atoms with Gasteiger partial charge in [-0.05, 0) is 84.0 Å². The second-order valence-electron chi connectivity index (χ2n) is 6.40. The van der Waals surface area contributed by atoms with Gasteiger partial charge in [-0.25, -0.2) is 13.1 Å². The van der Waals surface area contributed by atoms with Crippen LogP contribution in [0, 0.1) is 3.57 Å². The number of sulfonamides is 1. The molecule has 0 aliphatic carbocycles. The van der Waals surface area contributed by atoms with Gasteiger partial charge in [0.1, 0.15) is 0 Å². The molecule has 3 rings (SSSR count). The Morgan fingerprint density at radius 3 is 2.55 bits per heavy atom. The van der Waals surface area contributed by atoms with Gasteiger partial charge < -0.3 is 10.1 Å². The minimum atomic E-state index is -3.61. The lowest BCUT2D eigenvalue weighted by Gasteiger charge is -2.13. The van der Waals surface area contributed by atoms with Crippen LogP contribution in [-0.4, -0.2) is 38.7 Å². The van der Waals surface area contributed by atoms with E-state index in [4.69, 9.17) is 17.0 Å². The number of rotatable bonds is 6. The zero-order valence-corrected chi connectivity index (χ0v) is 19.1. The number of anilines is 1. The van der Waals surface area contributed by atoms with Gasteiger partial charge >= 0.3 is 0 Å². The molecule has 7 nitrogen and oxygen atoms in total. The van der Waals surface area contributed by atoms with Gasteiger partial charge in [-0.2, -0.15) is 0 Å². The Morgan fingerprint density at radius 1 is 1.17 bits per heavy atom. The van der Waals surface area contributed by atoms with E-state index in [0.717, 1.165) is 16.4 Å². The molecule has 1 unspecified atom stereocenters. The highest BCUT2D eigenvalue weighted by atomic mass is 127. The first kappa shape index (κ1) is 22.1. The van der Waals surface area contributed by atoms with Crippen LogP contribution >= 0.6 is 34.8 Å². The van der Waals surface area contributed by atoms with Crippen molar-refractivity contribution in [2.45, 2.75) is 23.8 Å². The summed E-state index contributed by atoms with van der Waals surface area (Å²) in [6.07, 6.45) is 1.74. The van der Waals surface area contributed by atoms with Crippen LogP contribution in [-0.2, 0) is 14.8 Å². The molecule has 1 aliphatic rings. The normalized spacial score (nSPS) is 16.4. The fourth-order valence-corrected chi connectivity index (χ4v) is 4.70. The zero-order valence-electron chi connectivity index (χ0n) is 15.4. The first-order valence-corrected chi connectivity index (χ1v) is 11.9. The van der Waals surface area contributed by atoms with E-state index < -0.39 is 10.0 Å². The quantitative estimate of drug-likeness (QED) is 0.382. The molecule has 1 fully saturated rings. The Bertz CT molecular complexity index is 991. The minimum absolute atomic E-state index is 0.0700. The van der Waals surface area contributed by atoms with Crippen molar-refractivity contribution in [3.8, 4) is 0 Å². The van der Waals surface area contributed by atoms with Gasteiger partial charge in [0.25, 0.3) is 5.91 Å². The Kier molecular flexibility index (Phi) is 7.57. The number of carbonyl (C=O) groups is 1. The molecule has 0 radical (unpaired) electrons. The zero-order chi connectivity index (χ0) is 20.9. The lowest BCUT2D eigenvalue weighted by Crippen LogP contribution is -2.34. The molecule has 3 N–H and O–H groups in total. The molecular formula is C19H20IN3O4S2. The third kappa shape index (κ3) is 6.19.